The van der Waals surface area contributed by atoms with Gasteiger partial charge < -0.3 is 14.7 Å². The highest BCUT2D eigenvalue weighted by atomic mass is 16.5. The molecule has 19 heavy (non-hydrogen) atoms. The van der Waals surface area contributed by atoms with Crippen LogP contribution in [0.3, 0.4) is 0 Å². The molecular formula is C16H25NO2. The van der Waals surface area contributed by atoms with Crippen molar-refractivity contribution in [2.45, 2.75) is 44.8 Å². The number of rotatable bonds is 5. The molecule has 0 amide bonds. The van der Waals surface area contributed by atoms with E-state index in [9.17, 15) is 5.11 Å². The molecule has 0 saturated heterocycles. The van der Waals surface area contributed by atoms with Crippen LogP contribution in [-0.4, -0.2) is 36.2 Å². The topological polar surface area (TPSA) is 32.7 Å². The van der Waals surface area contributed by atoms with Gasteiger partial charge in [0.25, 0.3) is 0 Å². The second-order valence-corrected chi connectivity index (χ2v) is 5.57. The van der Waals surface area contributed by atoms with Crippen molar-refractivity contribution in [2.24, 2.45) is 0 Å². The third kappa shape index (κ3) is 2.37. The van der Waals surface area contributed by atoms with Gasteiger partial charge in [-0.1, -0.05) is 19.9 Å². The zero-order valence-corrected chi connectivity index (χ0v) is 12.4. The van der Waals surface area contributed by atoms with Gasteiger partial charge in [-0.3, -0.25) is 0 Å². The van der Waals surface area contributed by atoms with E-state index < -0.39 is 6.10 Å². The number of hydrogen-bond acceptors (Lipinski definition) is 3. The summed E-state index contributed by atoms with van der Waals surface area (Å²) in [5.74, 6) is 0.972. The fourth-order valence-electron chi connectivity index (χ4n) is 3.20. The number of nitrogens with zero attached hydrogens (tertiary/aromatic N) is 1. The standard InChI is InChI=1S/C16H25NO2/c1-5-16(6-2,17(3)4)15(18)13-7-8-14-12(11-13)9-10-19-14/h7-8,11,15,18H,5-6,9-10H2,1-4H3. The lowest BCUT2D eigenvalue weighted by molar-refractivity contribution is -0.0149. The number of aliphatic hydroxyl groups excluding tert-OH is 1. The Hall–Kier alpha value is -1.06. The predicted octanol–water partition coefficient (Wildman–Crippen LogP) is 2.78. The van der Waals surface area contributed by atoms with Crippen molar-refractivity contribution < 1.29 is 9.84 Å². The lowest BCUT2D eigenvalue weighted by Gasteiger charge is -2.42. The zero-order chi connectivity index (χ0) is 14.0. The van der Waals surface area contributed by atoms with Crippen LogP contribution in [0, 0.1) is 0 Å². The monoisotopic (exact) mass is 263 g/mol. The molecule has 1 aliphatic heterocycles. The van der Waals surface area contributed by atoms with Crippen LogP contribution in [0.5, 0.6) is 5.75 Å². The van der Waals surface area contributed by atoms with Gasteiger partial charge in [0.2, 0.25) is 0 Å². The first kappa shape index (κ1) is 14.4. The minimum atomic E-state index is -0.469. The maximum absolute atomic E-state index is 10.8. The van der Waals surface area contributed by atoms with Crippen LogP contribution in [0.1, 0.15) is 43.9 Å². The molecule has 0 saturated carbocycles. The molecule has 0 radical (unpaired) electrons. The molecule has 3 heteroatoms. The molecule has 0 fully saturated rings. The number of hydrogen-bond donors (Lipinski definition) is 1. The molecule has 1 atom stereocenters. The Labute approximate surface area is 116 Å². The summed E-state index contributed by atoms with van der Waals surface area (Å²) in [5.41, 5.74) is 2.02. The Kier molecular flexibility index (Phi) is 4.16. The van der Waals surface area contributed by atoms with E-state index in [2.05, 4.69) is 24.8 Å². The van der Waals surface area contributed by atoms with Gasteiger partial charge in [-0.2, -0.15) is 0 Å². The van der Waals surface area contributed by atoms with E-state index >= 15 is 0 Å². The second-order valence-electron chi connectivity index (χ2n) is 5.57. The minimum Gasteiger partial charge on any atom is -0.493 e. The smallest absolute Gasteiger partial charge is 0.122 e. The van der Waals surface area contributed by atoms with E-state index in [-0.39, 0.29) is 5.54 Å². The lowest BCUT2D eigenvalue weighted by Crippen LogP contribution is -2.48. The van der Waals surface area contributed by atoms with Crippen LogP contribution < -0.4 is 4.74 Å². The molecule has 1 aromatic carbocycles. The fourth-order valence-corrected chi connectivity index (χ4v) is 3.20. The summed E-state index contributed by atoms with van der Waals surface area (Å²) in [6.07, 6.45) is 2.32. The van der Waals surface area contributed by atoms with Gasteiger partial charge >= 0.3 is 0 Å². The van der Waals surface area contributed by atoms with Crippen molar-refractivity contribution in [3.05, 3.63) is 29.3 Å². The van der Waals surface area contributed by atoms with Gasteiger partial charge in [-0.25, -0.2) is 0 Å². The predicted molar refractivity (Wildman–Crippen MR) is 77.6 cm³/mol. The van der Waals surface area contributed by atoms with E-state index in [0.29, 0.717) is 0 Å². The molecule has 2 rings (SSSR count). The van der Waals surface area contributed by atoms with Crippen LogP contribution in [-0.2, 0) is 6.42 Å². The quantitative estimate of drug-likeness (QED) is 0.886. The molecule has 1 N–H and O–H groups in total. The Morgan fingerprint density at radius 2 is 2.00 bits per heavy atom. The van der Waals surface area contributed by atoms with Crippen LogP contribution in [0.4, 0.5) is 0 Å². The maximum atomic E-state index is 10.8. The van der Waals surface area contributed by atoms with Crippen LogP contribution >= 0.6 is 0 Å². The highest BCUT2D eigenvalue weighted by Gasteiger charge is 2.38. The Morgan fingerprint density at radius 3 is 2.58 bits per heavy atom. The first-order valence-corrected chi connectivity index (χ1v) is 7.16. The second kappa shape index (κ2) is 5.51. The number of likely N-dealkylation sites (N-methyl/N-ethyl adjacent to an activating group) is 1. The third-order valence-corrected chi connectivity index (χ3v) is 4.65. The number of aliphatic hydroxyl groups is 1. The number of fused-ring (bicyclic) bond motifs is 1. The van der Waals surface area contributed by atoms with Gasteiger partial charge in [-0.05, 0) is 50.2 Å². The molecule has 0 aliphatic carbocycles. The van der Waals surface area contributed by atoms with Gasteiger partial charge in [0.1, 0.15) is 5.75 Å². The minimum absolute atomic E-state index is 0.201. The normalized spacial score (nSPS) is 16.3. The molecule has 3 nitrogen and oxygen atoms in total. The summed E-state index contributed by atoms with van der Waals surface area (Å²) in [5, 5.41) is 10.8. The van der Waals surface area contributed by atoms with Gasteiger partial charge in [0.05, 0.1) is 12.7 Å². The summed E-state index contributed by atoms with van der Waals surface area (Å²) in [7, 11) is 4.10. The van der Waals surface area contributed by atoms with Crippen LogP contribution in [0.2, 0.25) is 0 Å². The van der Waals surface area contributed by atoms with E-state index in [1.165, 1.54) is 5.56 Å². The van der Waals surface area contributed by atoms with Crippen molar-refractivity contribution in [2.75, 3.05) is 20.7 Å². The summed E-state index contributed by atoms with van der Waals surface area (Å²) in [6.45, 7) is 5.04. The molecule has 0 bridgehead atoms. The van der Waals surface area contributed by atoms with Crippen LogP contribution in [0.25, 0.3) is 0 Å². The number of ether oxygens (including phenoxy) is 1. The van der Waals surface area contributed by atoms with Crippen molar-refractivity contribution in [3.63, 3.8) is 0 Å². The summed E-state index contributed by atoms with van der Waals surface area (Å²) in [6, 6.07) is 6.10. The average Bonchev–Trinajstić information content (AvgIpc) is 2.87. The molecule has 1 unspecified atom stereocenters. The van der Waals surface area contributed by atoms with E-state index in [0.717, 1.165) is 37.2 Å². The first-order valence-electron chi connectivity index (χ1n) is 7.16. The maximum Gasteiger partial charge on any atom is 0.122 e. The largest absolute Gasteiger partial charge is 0.493 e. The van der Waals surface area contributed by atoms with Crippen LogP contribution in [0.15, 0.2) is 18.2 Å². The van der Waals surface area contributed by atoms with Gasteiger partial charge in [-0.15, -0.1) is 0 Å². The summed E-state index contributed by atoms with van der Waals surface area (Å²) < 4.78 is 5.53. The van der Waals surface area contributed by atoms with Gasteiger partial charge in [0.15, 0.2) is 0 Å². The van der Waals surface area contributed by atoms with Gasteiger partial charge in [0, 0.05) is 12.0 Å². The van der Waals surface area contributed by atoms with Crippen molar-refractivity contribution >= 4 is 0 Å². The summed E-state index contributed by atoms with van der Waals surface area (Å²) >= 11 is 0. The number of benzene rings is 1. The molecule has 1 aliphatic rings. The highest BCUT2D eigenvalue weighted by molar-refractivity contribution is 5.41. The lowest BCUT2D eigenvalue weighted by atomic mass is 9.81. The zero-order valence-electron chi connectivity index (χ0n) is 12.4. The molecular weight excluding hydrogens is 238 g/mol. The molecule has 1 heterocycles. The molecule has 1 aromatic rings. The Balaban J connectivity index is 2.34. The Morgan fingerprint density at radius 1 is 1.32 bits per heavy atom. The van der Waals surface area contributed by atoms with Crippen molar-refractivity contribution in [1.82, 2.24) is 4.90 Å². The fraction of sp³-hybridized carbons (Fsp3) is 0.625. The van der Waals surface area contributed by atoms with E-state index in [4.69, 9.17) is 4.74 Å². The van der Waals surface area contributed by atoms with Crippen molar-refractivity contribution in [1.29, 1.82) is 0 Å². The average molecular weight is 263 g/mol. The first-order chi connectivity index (χ1) is 9.05. The highest BCUT2D eigenvalue weighted by Crippen LogP contribution is 2.38. The molecule has 0 spiro atoms. The Bertz CT molecular complexity index is 438. The molecule has 0 aromatic heterocycles. The van der Waals surface area contributed by atoms with E-state index in [1.54, 1.807) is 0 Å². The third-order valence-electron chi connectivity index (χ3n) is 4.65. The van der Waals surface area contributed by atoms with Crippen molar-refractivity contribution in [3.8, 4) is 5.75 Å². The molecule has 106 valence electrons. The summed E-state index contributed by atoms with van der Waals surface area (Å²) in [4.78, 5) is 2.15. The SMILES string of the molecule is CCC(CC)(C(O)c1ccc2c(c1)CCO2)N(C)C. The van der Waals surface area contributed by atoms with E-state index in [1.807, 2.05) is 26.2 Å².